The molecule has 1 heterocycles. The van der Waals surface area contributed by atoms with E-state index < -0.39 is 28.8 Å². The first kappa shape index (κ1) is 24.6. The van der Waals surface area contributed by atoms with Crippen molar-refractivity contribution in [3.05, 3.63) is 87.6 Å². The molecular weight excluding hydrogens is 439 g/mol. The summed E-state index contributed by atoms with van der Waals surface area (Å²) in [6, 6.07) is 14.0. The predicted molar refractivity (Wildman–Crippen MR) is 127 cm³/mol. The van der Waals surface area contributed by atoms with Gasteiger partial charge in [-0.25, -0.2) is 13.9 Å². The van der Waals surface area contributed by atoms with Crippen LogP contribution in [-0.2, 0) is 11.3 Å². The van der Waals surface area contributed by atoms with Crippen molar-refractivity contribution in [1.29, 1.82) is 0 Å². The van der Waals surface area contributed by atoms with E-state index in [2.05, 4.69) is 10.4 Å². The molecule has 2 aromatic carbocycles. The number of nitrogens with one attached hydrogen (secondary N) is 1. The third-order valence-electron chi connectivity index (χ3n) is 4.71. The number of aryl methyl sites for hydroxylation is 1. The normalized spacial score (nSPS) is 11.1. The van der Waals surface area contributed by atoms with Crippen molar-refractivity contribution >= 4 is 17.7 Å². The van der Waals surface area contributed by atoms with Crippen LogP contribution in [0.3, 0.4) is 0 Å². The molecule has 1 aromatic heterocycles. The van der Waals surface area contributed by atoms with Crippen molar-refractivity contribution in [3.63, 3.8) is 0 Å². The molecule has 9 heteroatoms. The lowest BCUT2D eigenvalue weighted by Gasteiger charge is -2.24. The molecule has 0 atom stereocenters. The highest BCUT2D eigenvalue weighted by molar-refractivity contribution is 6.02. The quantitative estimate of drug-likeness (QED) is 0.605. The minimum absolute atomic E-state index is 0.126. The molecule has 0 fully saturated rings. The first-order valence-corrected chi connectivity index (χ1v) is 10.6. The standard InChI is InChI=1S/C25H27FN4O4/c1-16-13-21(31)22(28-30(16)20-12-7-6-11-19(20)26)23(32)27-18-10-8-9-17(14-18)15-29(5)24(33)34-25(2,3)4/h6-14H,15H2,1-5H3,(H,27,32). The Hall–Kier alpha value is -4.01. The monoisotopic (exact) mass is 466 g/mol. The van der Waals surface area contributed by atoms with Gasteiger partial charge in [0.25, 0.3) is 5.91 Å². The summed E-state index contributed by atoms with van der Waals surface area (Å²) in [7, 11) is 1.61. The summed E-state index contributed by atoms with van der Waals surface area (Å²) >= 11 is 0. The lowest BCUT2D eigenvalue weighted by Crippen LogP contribution is -2.33. The fraction of sp³-hybridized carbons (Fsp3) is 0.280. The summed E-state index contributed by atoms with van der Waals surface area (Å²) in [4.78, 5) is 38.9. The van der Waals surface area contributed by atoms with Gasteiger partial charge in [-0.05, 0) is 57.5 Å². The number of carbonyl (C=O) groups is 2. The highest BCUT2D eigenvalue weighted by Gasteiger charge is 2.20. The molecule has 0 bridgehead atoms. The number of hydrogen-bond acceptors (Lipinski definition) is 5. The number of halogens is 1. The molecule has 2 amide bonds. The van der Waals surface area contributed by atoms with Crippen molar-refractivity contribution in [3.8, 4) is 5.69 Å². The van der Waals surface area contributed by atoms with Gasteiger partial charge in [-0.15, -0.1) is 0 Å². The van der Waals surface area contributed by atoms with E-state index in [0.29, 0.717) is 11.4 Å². The molecule has 0 saturated carbocycles. The van der Waals surface area contributed by atoms with Crippen LogP contribution in [0.5, 0.6) is 0 Å². The van der Waals surface area contributed by atoms with E-state index in [4.69, 9.17) is 4.74 Å². The van der Waals surface area contributed by atoms with Crippen LogP contribution in [-0.4, -0.2) is 39.3 Å². The molecule has 3 aromatic rings. The summed E-state index contributed by atoms with van der Waals surface area (Å²) in [5, 5.41) is 6.76. The second kappa shape index (κ2) is 9.86. The van der Waals surface area contributed by atoms with Crippen molar-refractivity contribution in [2.45, 2.75) is 39.8 Å². The van der Waals surface area contributed by atoms with Crippen LogP contribution >= 0.6 is 0 Å². The number of hydrogen-bond donors (Lipinski definition) is 1. The van der Waals surface area contributed by atoms with Gasteiger partial charge in [-0.1, -0.05) is 24.3 Å². The van der Waals surface area contributed by atoms with Crippen molar-refractivity contribution in [1.82, 2.24) is 14.7 Å². The van der Waals surface area contributed by atoms with E-state index in [-0.39, 0.29) is 17.9 Å². The Bertz CT molecular complexity index is 1280. The van der Waals surface area contributed by atoms with Crippen molar-refractivity contribution in [2.24, 2.45) is 0 Å². The number of anilines is 1. The molecule has 0 saturated heterocycles. The van der Waals surface area contributed by atoms with E-state index in [1.165, 1.54) is 33.8 Å². The number of ether oxygens (including phenoxy) is 1. The minimum Gasteiger partial charge on any atom is -0.444 e. The van der Waals surface area contributed by atoms with Crippen LogP contribution in [0, 0.1) is 12.7 Å². The molecule has 0 aliphatic rings. The van der Waals surface area contributed by atoms with Gasteiger partial charge in [0, 0.05) is 31.0 Å². The average Bonchev–Trinajstić information content (AvgIpc) is 2.73. The number of benzene rings is 2. The summed E-state index contributed by atoms with van der Waals surface area (Å²) < 4.78 is 20.8. The van der Waals surface area contributed by atoms with Crippen LogP contribution in [0.4, 0.5) is 14.9 Å². The van der Waals surface area contributed by atoms with Crippen LogP contribution in [0.25, 0.3) is 5.69 Å². The molecular formula is C25H27FN4O4. The molecule has 0 spiro atoms. The lowest BCUT2D eigenvalue weighted by molar-refractivity contribution is 0.0285. The third kappa shape index (κ3) is 6.06. The van der Waals surface area contributed by atoms with E-state index in [1.54, 1.807) is 65.1 Å². The van der Waals surface area contributed by atoms with Crippen molar-refractivity contribution in [2.75, 3.05) is 12.4 Å². The van der Waals surface area contributed by atoms with Crippen LogP contribution < -0.4 is 10.7 Å². The number of amides is 2. The zero-order chi connectivity index (χ0) is 25.0. The Labute approximate surface area is 197 Å². The predicted octanol–water partition coefficient (Wildman–Crippen LogP) is 4.30. The maximum atomic E-state index is 14.3. The fourth-order valence-corrected chi connectivity index (χ4v) is 3.19. The van der Waals surface area contributed by atoms with Gasteiger partial charge in [0.15, 0.2) is 5.69 Å². The Morgan fingerprint density at radius 3 is 2.50 bits per heavy atom. The second-order valence-electron chi connectivity index (χ2n) is 8.85. The van der Waals surface area contributed by atoms with Gasteiger partial charge >= 0.3 is 6.09 Å². The molecule has 0 radical (unpaired) electrons. The van der Waals surface area contributed by atoms with Crippen molar-refractivity contribution < 1.29 is 18.7 Å². The molecule has 8 nitrogen and oxygen atoms in total. The number of aromatic nitrogens is 2. The Balaban J connectivity index is 1.80. The van der Waals surface area contributed by atoms with Crippen LogP contribution in [0.2, 0.25) is 0 Å². The first-order chi connectivity index (χ1) is 15.9. The maximum absolute atomic E-state index is 14.3. The maximum Gasteiger partial charge on any atom is 0.410 e. The third-order valence-corrected chi connectivity index (χ3v) is 4.71. The van der Waals surface area contributed by atoms with Crippen LogP contribution in [0.15, 0.2) is 59.4 Å². The zero-order valence-electron chi connectivity index (χ0n) is 19.8. The molecule has 0 aliphatic carbocycles. The van der Waals surface area contributed by atoms with Gasteiger partial charge in [0.2, 0.25) is 5.43 Å². The summed E-state index contributed by atoms with van der Waals surface area (Å²) in [6.45, 7) is 7.21. The molecule has 34 heavy (non-hydrogen) atoms. The second-order valence-corrected chi connectivity index (χ2v) is 8.85. The minimum atomic E-state index is -0.729. The average molecular weight is 467 g/mol. The number of para-hydroxylation sites is 1. The highest BCUT2D eigenvalue weighted by atomic mass is 19.1. The topological polar surface area (TPSA) is 93.5 Å². The van der Waals surface area contributed by atoms with E-state index in [0.717, 1.165) is 5.56 Å². The van der Waals surface area contributed by atoms with Gasteiger partial charge < -0.3 is 15.0 Å². The Morgan fingerprint density at radius 2 is 1.82 bits per heavy atom. The summed E-state index contributed by atoms with van der Waals surface area (Å²) in [5.74, 6) is -1.26. The van der Waals surface area contributed by atoms with E-state index in [9.17, 15) is 18.8 Å². The number of carbonyl (C=O) groups excluding carboxylic acids is 2. The smallest absolute Gasteiger partial charge is 0.410 e. The number of nitrogens with zero attached hydrogens (tertiary/aromatic N) is 3. The van der Waals surface area contributed by atoms with Crippen LogP contribution in [0.1, 0.15) is 42.5 Å². The van der Waals surface area contributed by atoms with Gasteiger partial charge in [-0.3, -0.25) is 9.59 Å². The van der Waals surface area contributed by atoms with Gasteiger partial charge in [0.1, 0.15) is 17.1 Å². The highest BCUT2D eigenvalue weighted by Crippen LogP contribution is 2.16. The molecule has 178 valence electrons. The van der Waals surface area contributed by atoms with E-state index in [1.807, 2.05) is 0 Å². The SMILES string of the molecule is Cc1cc(=O)c(C(=O)Nc2cccc(CN(C)C(=O)OC(C)(C)C)c2)nn1-c1ccccc1F. The summed E-state index contributed by atoms with van der Waals surface area (Å²) in [5.41, 5.74) is 0.109. The molecule has 0 unspecified atom stereocenters. The molecule has 1 N–H and O–H groups in total. The molecule has 0 aliphatic heterocycles. The first-order valence-electron chi connectivity index (χ1n) is 10.6. The van der Waals surface area contributed by atoms with Gasteiger partial charge in [0.05, 0.1) is 0 Å². The zero-order valence-corrected chi connectivity index (χ0v) is 19.8. The Kier molecular flexibility index (Phi) is 7.14. The largest absolute Gasteiger partial charge is 0.444 e. The van der Waals surface area contributed by atoms with E-state index >= 15 is 0 Å². The van der Waals surface area contributed by atoms with Gasteiger partial charge in [-0.2, -0.15) is 5.10 Å². The fourth-order valence-electron chi connectivity index (χ4n) is 3.19. The lowest BCUT2D eigenvalue weighted by atomic mass is 10.2. The molecule has 3 rings (SSSR count). The Morgan fingerprint density at radius 1 is 1.12 bits per heavy atom. The number of rotatable bonds is 5. The summed E-state index contributed by atoms with van der Waals surface area (Å²) in [6.07, 6.45) is -0.473.